The Labute approximate surface area is 126 Å². The Hall–Kier alpha value is -1.67. The minimum absolute atomic E-state index is 0.156. The maximum Gasteiger partial charge on any atom is 0.123 e. The zero-order valence-corrected chi connectivity index (χ0v) is 12.5. The van der Waals surface area contributed by atoms with Crippen LogP contribution >= 0.6 is 0 Å². The van der Waals surface area contributed by atoms with Gasteiger partial charge in [0.2, 0.25) is 0 Å². The molecule has 110 valence electrons. The van der Waals surface area contributed by atoms with E-state index >= 15 is 0 Å². The van der Waals surface area contributed by atoms with Gasteiger partial charge in [0.05, 0.1) is 0 Å². The van der Waals surface area contributed by atoms with Gasteiger partial charge in [0, 0.05) is 6.04 Å². The fourth-order valence-corrected chi connectivity index (χ4v) is 3.53. The Balaban J connectivity index is 1.82. The number of halogens is 1. The van der Waals surface area contributed by atoms with Crippen LogP contribution in [0.3, 0.4) is 0 Å². The summed E-state index contributed by atoms with van der Waals surface area (Å²) in [6, 6.07) is 15.9. The van der Waals surface area contributed by atoms with E-state index in [1.165, 1.54) is 36.5 Å². The van der Waals surface area contributed by atoms with Crippen molar-refractivity contribution in [1.82, 2.24) is 5.32 Å². The molecule has 1 aliphatic rings. The van der Waals surface area contributed by atoms with E-state index in [1.54, 1.807) is 12.1 Å². The molecule has 0 fully saturated rings. The standard InChI is InChI=1S/C19H22FN/c1-21-19(16-9-5-10-17(20)12-16)13-15-8-4-7-14-6-2-3-11-18(14)15/h2-3,5-6,9-12,15,19,21H,4,7-8,13H2,1H3. The van der Waals surface area contributed by atoms with Gasteiger partial charge in [-0.15, -0.1) is 0 Å². The molecule has 0 heterocycles. The van der Waals surface area contributed by atoms with E-state index in [4.69, 9.17) is 0 Å². The van der Waals surface area contributed by atoms with Crippen LogP contribution in [-0.2, 0) is 6.42 Å². The highest BCUT2D eigenvalue weighted by atomic mass is 19.1. The van der Waals surface area contributed by atoms with E-state index in [0.717, 1.165) is 12.0 Å². The lowest BCUT2D eigenvalue weighted by atomic mass is 9.78. The number of hydrogen-bond donors (Lipinski definition) is 1. The zero-order valence-electron chi connectivity index (χ0n) is 12.5. The summed E-state index contributed by atoms with van der Waals surface area (Å²) in [6.07, 6.45) is 4.69. The van der Waals surface area contributed by atoms with Crippen molar-refractivity contribution in [2.75, 3.05) is 7.05 Å². The number of nitrogens with one attached hydrogen (secondary N) is 1. The van der Waals surface area contributed by atoms with Crippen molar-refractivity contribution in [2.45, 2.75) is 37.6 Å². The lowest BCUT2D eigenvalue weighted by Crippen LogP contribution is -2.21. The van der Waals surface area contributed by atoms with E-state index in [0.29, 0.717) is 5.92 Å². The first-order chi connectivity index (χ1) is 10.3. The van der Waals surface area contributed by atoms with Crippen LogP contribution in [0.1, 0.15) is 47.9 Å². The third kappa shape index (κ3) is 3.16. The molecule has 3 rings (SSSR count). The van der Waals surface area contributed by atoms with Crippen molar-refractivity contribution in [3.05, 3.63) is 71.0 Å². The molecule has 1 aliphatic carbocycles. The van der Waals surface area contributed by atoms with Crippen LogP contribution in [0.25, 0.3) is 0 Å². The molecule has 0 aliphatic heterocycles. The van der Waals surface area contributed by atoms with Gasteiger partial charge in [0.1, 0.15) is 5.82 Å². The summed E-state index contributed by atoms with van der Waals surface area (Å²) in [4.78, 5) is 0. The van der Waals surface area contributed by atoms with Crippen LogP contribution in [0.5, 0.6) is 0 Å². The van der Waals surface area contributed by atoms with E-state index in [2.05, 4.69) is 29.6 Å². The number of hydrogen-bond acceptors (Lipinski definition) is 1. The van der Waals surface area contributed by atoms with Gasteiger partial charge in [0.25, 0.3) is 0 Å². The van der Waals surface area contributed by atoms with E-state index in [1.807, 2.05) is 13.1 Å². The Kier molecular flexibility index (Phi) is 4.35. The van der Waals surface area contributed by atoms with Gasteiger partial charge < -0.3 is 5.32 Å². The summed E-state index contributed by atoms with van der Waals surface area (Å²) in [5.41, 5.74) is 4.02. The van der Waals surface area contributed by atoms with E-state index in [-0.39, 0.29) is 11.9 Å². The van der Waals surface area contributed by atoms with Crippen molar-refractivity contribution in [1.29, 1.82) is 0 Å². The smallest absolute Gasteiger partial charge is 0.123 e. The minimum Gasteiger partial charge on any atom is -0.313 e. The first-order valence-corrected chi connectivity index (χ1v) is 7.78. The Morgan fingerprint density at radius 1 is 1.19 bits per heavy atom. The fraction of sp³-hybridized carbons (Fsp3) is 0.368. The third-order valence-corrected chi connectivity index (χ3v) is 4.61. The average Bonchev–Trinajstić information content (AvgIpc) is 2.52. The SMILES string of the molecule is CNC(CC1CCCc2ccccc21)c1cccc(F)c1. The predicted octanol–water partition coefficient (Wildman–Crippen LogP) is 4.60. The van der Waals surface area contributed by atoms with Crippen molar-refractivity contribution in [2.24, 2.45) is 0 Å². The molecule has 1 N–H and O–H groups in total. The van der Waals surface area contributed by atoms with Crippen LogP contribution < -0.4 is 5.32 Å². The Morgan fingerprint density at radius 3 is 2.86 bits per heavy atom. The third-order valence-electron chi connectivity index (χ3n) is 4.61. The van der Waals surface area contributed by atoms with Crippen LogP contribution in [0.4, 0.5) is 4.39 Å². The van der Waals surface area contributed by atoms with Gasteiger partial charge in [-0.3, -0.25) is 0 Å². The van der Waals surface area contributed by atoms with Crippen LogP contribution in [0, 0.1) is 5.82 Å². The molecule has 0 spiro atoms. The minimum atomic E-state index is -0.156. The molecule has 0 amide bonds. The lowest BCUT2D eigenvalue weighted by molar-refractivity contribution is 0.438. The average molecular weight is 283 g/mol. The first-order valence-electron chi connectivity index (χ1n) is 7.78. The first kappa shape index (κ1) is 14.3. The maximum absolute atomic E-state index is 13.5. The molecule has 2 heteroatoms. The second-order valence-electron chi connectivity index (χ2n) is 5.92. The molecule has 0 saturated heterocycles. The predicted molar refractivity (Wildman–Crippen MR) is 84.9 cm³/mol. The van der Waals surface area contributed by atoms with Crippen molar-refractivity contribution in [3.63, 3.8) is 0 Å². The molecule has 21 heavy (non-hydrogen) atoms. The quantitative estimate of drug-likeness (QED) is 0.865. The van der Waals surface area contributed by atoms with Crippen LogP contribution in [0.2, 0.25) is 0 Å². The second kappa shape index (κ2) is 6.40. The molecule has 2 unspecified atom stereocenters. The molecular weight excluding hydrogens is 261 g/mol. The van der Waals surface area contributed by atoms with E-state index < -0.39 is 0 Å². The Bertz CT molecular complexity index is 608. The Morgan fingerprint density at radius 2 is 2.05 bits per heavy atom. The normalized spacial score (nSPS) is 19.0. The van der Waals surface area contributed by atoms with Crippen molar-refractivity contribution >= 4 is 0 Å². The van der Waals surface area contributed by atoms with Gasteiger partial charge in [-0.1, -0.05) is 36.4 Å². The summed E-state index contributed by atoms with van der Waals surface area (Å²) in [6.45, 7) is 0. The van der Waals surface area contributed by atoms with Crippen LogP contribution in [0.15, 0.2) is 48.5 Å². The summed E-state index contributed by atoms with van der Waals surface area (Å²) >= 11 is 0. The van der Waals surface area contributed by atoms with Gasteiger partial charge in [0.15, 0.2) is 0 Å². The lowest BCUT2D eigenvalue weighted by Gasteiger charge is -2.29. The molecule has 0 radical (unpaired) electrons. The highest BCUT2D eigenvalue weighted by molar-refractivity contribution is 5.33. The fourth-order valence-electron chi connectivity index (χ4n) is 3.53. The number of aryl methyl sites for hydroxylation is 1. The molecule has 2 aromatic rings. The molecule has 1 nitrogen and oxygen atoms in total. The van der Waals surface area contributed by atoms with Crippen molar-refractivity contribution in [3.8, 4) is 0 Å². The molecule has 0 aromatic heterocycles. The van der Waals surface area contributed by atoms with Gasteiger partial charge in [-0.2, -0.15) is 0 Å². The monoisotopic (exact) mass is 283 g/mol. The number of rotatable bonds is 4. The maximum atomic E-state index is 13.5. The highest BCUT2D eigenvalue weighted by Gasteiger charge is 2.23. The summed E-state index contributed by atoms with van der Waals surface area (Å²) < 4.78 is 13.5. The molecule has 0 bridgehead atoms. The van der Waals surface area contributed by atoms with Gasteiger partial charge in [-0.25, -0.2) is 4.39 Å². The molecular formula is C19H22FN. The summed E-state index contributed by atoms with van der Waals surface area (Å²) in [5, 5.41) is 3.36. The topological polar surface area (TPSA) is 12.0 Å². The zero-order chi connectivity index (χ0) is 14.7. The largest absolute Gasteiger partial charge is 0.313 e. The van der Waals surface area contributed by atoms with Gasteiger partial charge in [-0.05, 0) is 67.5 Å². The van der Waals surface area contributed by atoms with Gasteiger partial charge >= 0.3 is 0 Å². The summed E-state index contributed by atoms with van der Waals surface area (Å²) in [5.74, 6) is 0.410. The molecule has 2 aromatic carbocycles. The summed E-state index contributed by atoms with van der Waals surface area (Å²) in [7, 11) is 1.96. The number of fused-ring (bicyclic) bond motifs is 1. The second-order valence-corrected chi connectivity index (χ2v) is 5.92. The number of benzene rings is 2. The molecule has 2 atom stereocenters. The van der Waals surface area contributed by atoms with Crippen molar-refractivity contribution < 1.29 is 4.39 Å². The van der Waals surface area contributed by atoms with E-state index in [9.17, 15) is 4.39 Å². The molecule has 0 saturated carbocycles. The van der Waals surface area contributed by atoms with Crippen LogP contribution in [-0.4, -0.2) is 7.05 Å². The highest BCUT2D eigenvalue weighted by Crippen LogP contribution is 2.37.